The number of rotatable bonds is 5. The monoisotopic (exact) mass is 373 g/mol. The van der Waals surface area contributed by atoms with Crippen LogP contribution in [0.15, 0.2) is 42.5 Å². The summed E-state index contributed by atoms with van der Waals surface area (Å²) < 4.78 is 65.5. The van der Waals surface area contributed by atoms with Gasteiger partial charge in [0.15, 0.2) is 0 Å². The van der Waals surface area contributed by atoms with Gasteiger partial charge in [-0.3, -0.25) is 4.79 Å². The molecule has 2 N–H and O–H groups in total. The maximum atomic E-state index is 13.6. The van der Waals surface area contributed by atoms with Crippen molar-refractivity contribution in [3.63, 3.8) is 0 Å². The van der Waals surface area contributed by atoms with Crippen molar-refractivity contribution in [1.82, 2.24) is 5.32 Å². The first-order chi connectivity index (χ1) is 12.1. The molecular formula is C17H12F5NO3. The van der Waals surface area contributed by atoms with Gasteiger partial charge in [-0.25, -0.2) is 13.6 Å². The number of amides is 1. The third-order valence-corrected chi connectivity index (χ3v) is 3.53. The van der Waals surface area contributed by atoms with Gasteiger partial charge in [0.05, 0.1) is 11.1 Å². The topological polar surface area (TPSA) is 66.4 Å². The molecule has 0 unspecified atom stereocenters. The highest BCUT2D eigenvalue weighted by molar-refractivity contribution is 5.96. The van der Waals surface area contributed by atoms with E-state index in [2.05, 4.69) is 0 Å². The van der Waals surface area contributed by atoms with E-state index in [1.807, 2.05) is 5.32 Å². The predicted octanol–water partition coefficient (Wildman–Crippen LogP) is 3.41. The third kappa shape index (κ3) is 4.56. The Hall–Kier alpha value is -2.97. The van der Waals surface area contributed by atoms with Gasteiger partial charge in [-0.1, -0.05) is 18.2 Å². The van der Waals surface area contributed by atoms with Gasteiger partial charge in [0.25, 0.3) is 5.91 Å². The van der Waals surface area contributed by atoms with Crippen LogP contribution in [0.1, 0.15) is 21.5 Å². The molecule has 138 valence electrons. The number of aliphatic carboxylic acids is 1. The molecule has 26 heavy (non-hydrogen) atoms. The van der Waals surface area contributed by atoms with Gasteiger partial charge in [-0.15, -0.1) is 0 Å². The second-order valence-corrected chi connectivity index (χ2v) is 5.35. The summed E-state index contributed by atoms with van der Waals surface area (Å²) in [4.78, 5) is 23.3. The van der Waals surface area contributed by atoms with Crippen molar-refractivity contribution < 1.29 is 36.6 Å². The number of carbonyl (C=O) groups is 2. The normalized spacial score (nSPS) is 12.5. The summed E-state index contributed by atoms with van der Waals surface area (Å²) in [6.45, 7) is 0. The van der Waals surface area contributed by atoms with Crippen molar-refractivity contribution in [1.29, 1.82) is 0 Å². The Balaban J connectivity index is 2.26. The number of carboxylic acids is 1. The van der Waals surface area contributed by atoms with Crippen molar-refractivity contribution in [2.75, 3.05) is 0 Å². The molecule has 0 aliphatic heterocycles. The van der Waals surface area contributed by atoms with Crippen LogP contribution >= 0.6 is 0 Å². The maximum absolute atomic E-state index is 13.6. The van der Waals surface area contributed by atoms with Gasteiger partial charge in [-0.05, 0) is 23.8 Å². The molecule has 1 atom stereocenters. The molecule has 0 aliphatic carbocycles. The zero-order valence-electron chi connectivity index (χ0n) is 13.0. The third-order valence-electron chi connectivity index (χ3n) is 3.53. The number of benzene rings is 2. The van der Waals surface area contributed by atoms with E-state index in [1.165, 1.54) is 6.07 Å². The number of halogens is 5. The molecule has 2 aromatic rings. The van der Waals surface area contributed by atoms with Gasteiger partial charge < -0.3 is 10.4 Å². The Labute approximate surface area is 144 Å². The van der Waals surface area contributed by atoms with E-state index in [0.717, 1.165) is 30.3 Å². The maximum Gasteiger partial charge on any atom is 0.416 e. The fourth-order valence-electron chi connectivity index (χ4n) is 2.30. The second-order valence-electron chi connectivity index (χ2n) is 5.35. The van der Waals surface area contributed by atoms with Gasteiger partial charge in [0.2, 0.25) is 0 Å². The van der Waals surface area contributed by atoms with Crippen molar-refractivity contribution in [3.05, 3.63) is 70.8 Å². The molecule has 0 saturated heterocycles. The minimum absolute atomic E-state index is 0.340. The minimum Gasteiger partial charge on any atom is -0.480 e. The van der Waals surface area contributed by atoms with E-state index >= 15 is 0 Å². The first-order valence-corrected chi connectivity index (χ1v) is 7.23. The van der Waals surface area contributed by atoms with Crippen LogP contribution in [0.25, 0.3) is 0 Å². The molecule has 2 rings (SSSR count). The summed E-state index contributed by atoms with van der Waals surface area (Å²) in [6, 6.07) is 4.62. The van der Waals surface area contributed by atoms with Crippen molar-refractivity contribution in [3.8, 4) is 0 Å². The standard InChI is InChI=1S/C17H12F5NO3/c18-10-5-6-11(13(19)8-10)15(24)23-14(16(25)26)7-9-3-1-2-4-12(9)17(20,21)22/h1-6,8,14H,7H2,(H,23,24)(H,25,26)/t14-/m0/s1. The van der Waals surface area contributed by atoms with Crippen LogP contribution in [0.2, 0.25) is 0 Å². The average Bonchev–Trinajstić information content (AvgIpc) is 2.53. The number of alkyl halides is 3. The first-order valence-electron chi connectivity index (χ1n) is 7.23. The summed E-state index contributed by atoms with van der Waals surface area (Å²) in [5.74, 6) is -4.94. The van der Waals surface area contributed by atoms with E-state index in [4.69, 9.17) is 0 Å². The zero-order chi connectivity index (χ0) is 19.5. The van der Waals surface area contributed by atoms with Gasteiger partial charge in [0, 0.05) is 12.5 Å². The van der Waals surface area contributed by atoms with E-state index in [-0.39, 0.29) is 5.56 Å². The minimum atomic E-state index is -4.70. The Morgan fingerprint density at radius 3 is 2.31 bits per heavy atom. The average molecular weight is 373 g/mol. The van der Waals surface area contributed by atoms with E-state index in [0.29, 0.717) is 6.07 Å². The summed E-state index contributed by atoms with van der Waals surface area (Å²) in [7, 11) is 0. The lowest BCUT2D eigenvalue weighted by Gasteiger charge is -2.18. The molecule has 4 nitrogen and oxygen atoms in total. The van der Waals surface area contributed by atoms with E-state index in [9.17, 15) is 36.6 Å². The molecule has 0 heterocycles. The number of carbonyl (C=O) groups excluding carboxylic acids is 1. The Morgan fingerprint density at radius 1 is 1.08 bits per heavy atom. The van der Waals surface area contributed by atoms with Crippen molar-refractivity contribution in [2.45, 2.75) is 18.6 Å². The molecule has 0 bridgehead atoms. The molecule has 0 radical (unpaired) electrons. The van der Waals surface area contributed by atoms with Crippen LogP contribution in [0.5, 0.6) is 0 Å². The van der Waals surface area contributed by atoms with E-state index in [1.54, 1.807) is 0 Å². The van der Waals surface area contributed by atoms with Crippen LogP contribution in [-0.2, 0) is 17.4 Å². The second kappa shape index (κ2) is 7.51. The van der Waals surface area contributed by atoms with Gasteiger partial charge in [0.1, 0.15) is 17.7 Å². The number of hydrogen-bond donors (Lipinski definition) is 2. The van der Waals surface area contributed by atoms with Crippen molar-refractivity contribution >= 4 is 11.9 Å². The zero-order valence-corrected chi connectivity index (χ0v) is 13.0. The fourth-order valence-corrected chi connectivity index (χ4v) is 2.30. The molecule has 2 aromatic carbocycles. The predicted molar refractivity (Wildman–Crippen MR) is 80.4 cm³/mol. The lowest BCUT2D eigenvalue weighted by atomic mass is 9.99. The molecule has 0 aromatic heterocycles. The molecule has 0 saturated carbocycles. The highest BCUT2D eigenvalue weighted by Crippen LogP contribution is 2.32. The Bertz CT molecular complexity index is 835. The van der Waals surface area contributed by atoms with Crippen LogP contribution in [0.4, 0.5) is 22.0 Å². The van der Waals surface area contributed by atoms with Crippen LogP contribution in [0.3, 0.4) is 0 Å². The summed E-state index contributed by atoms with van der Waals surface area (Å²) >= 11 is 0. The molecule has 0 aliphatic rings. The highest BCUT2D eigenvalue weighted by Gasteiger charge is 2.34. The Morgan fingerprint density at radius 2 is 1.73 bits per heavy atom. The summed E-state index contributed by atoms with van der Waals surface area (Å²) in [6.07, 6.45) is -5.37. The molecule has 1 amide bonds. The lowest BCUT2D eigenvalue weighted by molar-refractivity contribution is -0.141. The number of hydrogen-bond acceptors (Lipinski definition) is 2. The van der Waals surface area contributed by atoms with Crippen LogP contribution in [-0.4, -0.2) is 23.0 Å². The van der Waals surface area contributed by atoms with Gasteiger partial charge in [-0.2, -0.15) is 13.2 Å². The lowest BCUT2D eigenvalue weighted by Crippen LogP contribution is -2.43. The molecule has 0 fully saturated rings. The highest BCUT2D eigenvalue weighted by atomic mass is 19.4. The summed E-state index contributed by atoms with van der Waals surface area (Å²) in [5, 5.41) is 11.1. The smallest absolute Gasteiger partial charge is 0.416 e. The molecular weight excluding hydrogens is 361 g/mol. The van der Waals surface area contributed by atoms with Crippen molar-refractivity contribution in [2.24, 2.45) is 0 Å². The van der Waals surface area contributed by atoms with Gasteiger partial charge >= 0.3 is 12.1 Å². The fraction of sp³-hybridized carbons (Fsp3) is 0.176. The molecule has 9 heteroatoms. The number of carboxylic acid groups (broad SMARTS) is 1. The first kappa shape index (κ1) is 19.4. The largest absolute Gasteiger partial charge is 0.480 e. The number of nitrogens with one attached hydrogen (secondary N) is 1. The Kier molecular flexibility index (Phi) is 5.59. The SMILES string of the molecule is O=C(N[C@@H](Cc1ccccc1C(F)(F)F)C(=O)O)c1ccc(F)cc1F. The van der Waals surface area contributed by atoms with Crippen LogP contribution < -0.4 is 5.32 Å². The quantitative estimate of drug-likeness (QED) is 0.790. The van der Waals surface area contributed by atoms with Crippen LogP contribution in [0, 0.1) is 11.6 Å². The summed E-state index contributed by atoms with van der Waals surface area (Å²) in [5.41, 5.74) is -2.00. The van der Waals surface area contributed by atoms with E-state index < -0.39 is 53.3 Å². The molecule has 0 spiro atoms.